The molecule has 0 unspecified atom stereocenters. The number of aromatic nitrogens is 1. The normalized spacial score (nSPS) is 10.4. The van der Waals surface area contributed by atoms with Crippen molar-refractivity contribution in [1.82, 2.24) is 4.57 Å². The third-order valence-electron chi connectivity index (χ3n) is 2.74. The standard InChI is InChI=1S/C14H15FN2O2/c15-13-9-12(5-4-11(13)10-16)19-8-7-17-6-2-1-3-14(17)18/h1-6,9H,7-8,10,16H2. The molecule has 0 aliphatic heterocycles. The van der Waals surface area contributed by atoms with Gasteiger partial charge in [0.2, 0.25) is 0 Å². The van der Waals surface area contributed by atoms with Crippen LogP contribution in [-0.4, -0.2) is 11.2 Å². The quantitative estimate of drug-likeness (QED) is 0.889. The Morgan fingerprint density at radius 3 is 2.79 bits per heavy atom. The summed E-state index contributed by atoms with van der Waals surface area (Å²) >= 11 is 0. The lowest BCUT2D eigenvalue weighted by Gasteiger charge is -2.09. The maximum absolute atomic E-state index is 13.4. The molecule has 2 aromatic rings. The Bertz CT molecular complexity index is 610. The van der Waals surface area contributed by atoms with E-state index in [4.69, 9.17) is 10.5 Å². The van der Waals surface area contributed by atoms with Gasteiger partial charge in [-0.05, 0) is 12.1 Å². The van der Waals surface area contributed by atoms with Crippen molar-refractivity contribution in [2.75, 3.05) is 6.61 Å². The van der Waals surface area contributed by atoms with E-state index in [1.807, 2.05) is 0 Å². The van der Waals surface area contributed by atoms with Crippen LogP contribution in [0.15, 0.2) is 47.4 Å². The van der Waals surface area contributed by atoms with E-state index in [0.717, 1.165) is 0 Å². The minimum atomic E-state index is -0.378. The maximum Gasteiger partial charge on any atom is 0.250 e. The molecule has 4 nitrogen and oxygen atoms in total. The summed E-state index contributed by atoms with van der Waals surface area (Å²) in [5, 5.41) is 0. The number of rotatable bonds is 5. The average molecular weight is 262 g/mol. The minimum absolute atomic E-state index is 0.0873. The summed E-state index contributed by atoms with van der Waals surface area (Å²) in [5.41, 5.74) is 5.74. The van der Waals surface area contributed by atoms with Crippen LogP contribution >= 0.6 is 0 Å². The minimum Gasteiger partial charge on any atom is -0.492 e. The van der Waals surface area contributed by atoms with Crippen molar-refractivity contribution in [3.63, 3.8) is 0 Å². The molecule has 100 valence electrons. The van der Waals surface area contributed by atoms with Gasteiger partial charge in [0.1, 0.15) is 18.2 Å². The fraction of sp³-hybridized carbons (Fsp3) is 0.214. The molecule has 0 atom stereocenters. The molecule has 1 heterocycles. The molecule has 0 fully saturated rings. The number of halogens is 1. The number of hydrogen-bond donors (Lipinski definition) is 1. The van der Waals surface area contributed by atoms with E-state index in [1.165, 1.54) is 16.7 Å². The van der Waals surface area contributed by atoms with Crippen LogP contribution in [0.4, 0.5) is 4.39 Å². The molecule has 0 amide bonds. The summed E-state index contributed by atoms with van der Waals surface area (Å²) in [6.45, 7) is 0.872. The molecule has 0 aliphatic rings. The lowest BCUT2D eigenvalue weighted by molar-refractivity contribution is 0.295. The first-order valence-corrected chi connectivity index (χ1v) is 5.97. The highest BCUT2D eigenvalue weighted by atomic mass is 19.1. The molecular weight excluding hydrogens is 247 g/mol. The highest BCUT2D eigenvalue weighted by Gasteiger charge is 2.02. The van der Waals surface area contributed by atoms with E-state index in [0.29, 0.717) is 24.5 Å². The van der Waals surface area contributed by atoms with Crippen molar-refractivity contribution in [2.24, 2.45) is 5.73 Å². The van der Waals surface area contributed by atoms with Gasteiger partial charge in [0.05, 0.1) is 6.54 Å². The van der Waals surface area contributed by atoms with Gasteiger partial charge in [-0.15, -0.1) is 0 Å². The Labute approximate surface area is 110 Å². The van der Waals surface area contributed by atoms with E-state index < -0.39 is 0 Å². The van der Waals surface area contributed by atoms with Crippen molar-refractivity contribution in [2.45, 2.75) is 13.1 Å². The van der Waals surface area contributed by atoms with Crippen LogP contribution in [0, 0.1) is 5.82 Å². The second-order valence-electron chi connectivity index (χ2n) is 4.04. The van der Waals surface area contributed by atoms with Gasteiger partial charge in [0.25, 0.3) is 5.56 Å². The Morgan fingerprint density at radius 2 is 2.11 bits per heavy atom. The monoisotopic (exact) mass is 262 g/mol. The summed E-state index contributed by atoms with van der Waals surface area (Å²) in [7, 11) is 0. The van der Waals surface area contributed by atoms with E-state index in [1.54, 1.807) is 30.5 Å². The molecule has 2 rings (SSSR count). The van der Waals surface area contributed by atoms with Crippen molar-refractivity contribution < 1.29 is 9.13 Å². The topological polar surface area (TPSA) is 57.2 Å². The number of benzene rings is 1. The average Bonchev–Trinajstić information content (AvgIpc) is 2.41. The van der Waals surface area contributed by atoms with E-state index in [-0.39, 0.29) is 17.9 Å². The molecule has 19 heavy (non-hydrogen) atoms. The largest absolute Gasteiger partial charge is 0.492 e. The van der Waals surface area contributed by atoms with Gasteiger partial charge in [-0.25, -0.2) is 4.39 Å². The second-order valence-corrected chi connectivity index (χ2v) is 4.04. The fourth-order valence-corrected chi connectivity index (χ4v) is 1.69. The van der Waals surface area contributed by atoms with Crippen LogP contribution in [0.5, 0.6) is 5.75 Å². The zero-order valence-electron chi connectivity index (χ0n) is 10.4. The van der Waals surface area contributed by atoms with E-state index >= 15 is 0 Å². The molecule has 1 aromatic carbocycles. The number of ether oxygens (including phenoxy) is 1. The predicted octanol–water partition coefficient (Wildman–Crippen LogP) is 1.53. The number of nitrogens with two attached hydrogens (primary N) is 1. The molecule has 5 heteroatoms. The lowest BCUT2D eigenvalue weighted by atomic mass is 10.2. The summed E-state index contributed by atoms with van der Waals surface area (Å²) < 4.78 is 20.4. The summed E-state index contributed by atoms with van der Waals surface area (Å²) in [4.78, 5) is 11.4. The van der Waals surface area contributed by atoms with Gasteiger partial charge in [-0.2, -0.15) is 0 Å². The van der Waals surface area contributed by atoms with Crippen LogP contribution in [0.1, 0.15) is 5.56 Å². The molecule has 0 aliphatic carbocycles. The van der Waals surface area contributed by atoms with Gasteiger partial charge in [0, 0.05) is 30.4 Å². The van der Waals surface area contributed by atoms with E-state index in [9.17, 15) is 9.18 Å². The van der Waals surface area contributed by atoms with Crippen LogP contribution in [-0.2, 0) is 13.1 Å². The van der Waals surface area contributed by atoms with Gasteiger partial charge < -0.3 is 15.0 Å². The highest BCUT2D eigenvalue weighted by molar-refractivity contribution is 5.28. The molecule has 0 saturated carbocycles. The van der Waals surface area contributed by atoms with Gasteiger partial charge in [0.15, 0.2) is 0 Å². The number of pyridine rings is 1. The predicted molar refractivity (Wildman–Crippen MR) is 70.5 cm³/mol. The van der Waals surface area contributed by atoms with Crippen LogP contribution in [0.2, 0.25) is 0 Å². The molecule has 0 radical (unpaired) electrons. The first-order valence-electron chi connectivity index (χ1n) is 5.97. The Morgan fingerprint density at radius 1 is 1.26 bits per heavy atom. The Kier molecular flexibility index (Phi) is 4.30. The van der Waals surface area contributed by atoms with Gasteiger partial charge in [-0.1, -0.05) is 12.1 Å². The first-order chi connectivity index (χ1) is 9.20. The first kappa shape index (κ1) is 13.3. The van der Waals surface area contributed by atoms with Crippen LogP contribution in [0.25, 0.3) is 0 Å². The number of hydrogen-bond acceptors (Lipinski definition) is 3. The van der Waals surface area contributed by atoms with Crippen molar-refractivity contribution in [3.8, 4) is 5.75 Å². The molecule has 0 saturated heterocycles. The molecule has 2 N–H and O–H groups in total. The Balaban J connectivity index is 1.95. The SMILES string of the molecule is NCc1ccc(OCCn2ccccc2=O)cc1F. The van der Waals surface area contributed by atoms with E-state index in [2.05, 4.69) is 0 Å². The van der Waals surface area contributed by atoms with Gasteiger partial charge >= 0.3 is 0 Å². The highest BCUT2D eigenvalue weighted by Crippen LogP contribution is 2.16. The second kappa shape index (κ2) is 6.15. The fourth-order valence-electron chi connectivity index (χ4n) is 1.69. The van der Waals surface area contributed by atoms with Crippen LogP contribution in [0.3, 0.4) is 0 Å². The summed E-state index contributed by atoms with van der Waals surface area (Å²) in [6, 6.07) is 9.50. The molecule has 1 aromatic heterocycles. The number of nitrogens with zero attached hydrogens (tertiary/aromatic N) is 1. The maximum atomic E-state index is 13.4. The third-order valence-corrected chi connectivity index (χ3v) is 2.74. The third kappa shape index (κ3) is 3.42. The Hall–Kier alpha value is -2.14. The zero-order valence-corrected chi connectivity index (χ0v) is 10.4. The van der Waals surface area contributed by atoms with Gasteiger partial charge in [-0.3, -0.25) is 4.79 Å². The van der Waals surface area contributed by atoms with Crippen molar-refractivity contribution in [3.05, 3.63) is 64.3 Å². The summed E-state index contributed by atoms with van der Waals surface area (Å²) in [6.07, 6.45) is 1.68. The van der Waals surface area contributed by atoms with Crippen molar-refractivity contribution in [1.29, 1.82) is 0 Å². The van der Waals surface area contributed by atoms with Crippen molar-refractivity contribution >= 4 is 0 Å². The molecular formula is C14H15FN2O2. The summed E-state index contributed by atoms with van der Waals surface area (Å²) in [5.74, 6) is 0.0514. The van der Waals surface area contributed by atoms with Crippen LogP contribution < -0.4 is 16.0 Å². The molecule has 0 bridgehead atoms. The zero-order chi connectivity index (χ0) is 13.7. The molecule has 0 spiro atoms. The lowest BCUT2D eigenvalue weighted by Crippen LogP contribution is -2.21. The smallest absolute Gasteiger partial charge is 0.250 e.